The van der Waals surface area contributed by atoms with Gasteiger partial charge < -0.3 is 10.2 Å². The van der Waals surface area contributed by atoms with Gasteiger partial charge in [0, 0.05) is 0 Å². The standard InChI is InChI=1S/C14H17N3O3/c1-9(2)6-12-13(14(19)20)15-16-17(12)8-10-4-3-5-11(18)7-10/h3-5,7,9,18H,6,8H2,1-2H3,(H,19,20). The number of aromatic nitrogens is 3. The van der Waals surface area contributed by atoms with Crippen LogP contribution in [-0.2, 0) is 13.0 Å². The summed E-state index contributed by atoms with van der Waals surface area (Å²) in [6.07, 6.45) is 0.591. The number of aromatic carboxylic acids is 1. The van der Waals surface area contributed by atoms with Crippen molar-refractivity contribution in [3.05, 3.63) is 41.2 Å². The molecule has 0 aliphatic carbocycles. The molecule has 1 heterocycles. The van der Waals surface area contributed by atoms with Gasteiger partial charge >= 0.3 is 5.97 Å². The van der Waals surface area contributed by atoms with E-state index in [0.29, 0.717) is 24.6 Å². The van der Waals surface area contributed by atoms with Crippen LogP contribution in [0.15, 0.2) is 24.3 Å². The maximum Gasteiger partial charge on any atom is 0.358 e. The molecule has 0 bridgehead atoms. The van der Waals surface area contributed by atoms with Crippen molar-refractivity contribution in [2.75, 3.05) is 0 Å². The number of carboxylic acid groups (broad SMARTS) is 1. The lowest BCUT2D eigenvalue weighted by molar-refractivity contribution is 0.0689. The lowest BCUT2D eigenvalue weighted by Gasteiger charge is -2.09. The van der Waals surface area contributed by atoms with Gasteiger partial charge in [0.05, 0.1) is 12.2 Å². The molecule has 0 spiro atoms. The minimum absolute atomic E-state index is 0.00106. The summed E-state index contributed by atoms with van der Waals surface area (Å²) >= 11 is 0. The maximum absolute atomic E-state index is 11.2. The molecule has 0 aliphatic rings. The van der Waals surface area contributed by atoms with Gasteiger partial charge in [0.25, 0.3) is 0 Å². The predicted molar refractivity (Wildman–Crippen MR) is 72.7 cm³/mol. The first-order valence-corrected chi connectivity index (χ1v) is 6.41. The molecule has 6 heteroatoms. The third kappa shape index (κ3) is 3.14. The second-order valence-electron chi connectivity index (χ2n) is 5.12. The monoisotopic (exact) mass is 275 g/mol. The van der Waals surface area contributed by atoms with E-state index in [1.807, 2.05) is 19.9 Å². The highest BCUT2D eigenvalue weighted by Crippen LogP contribution is 2.16. The summed E-state index contributed by atoms with van der Waals surface area (Å²) in [4.78, 5) is 11.2. The molecule has 0 saturated heterocycles. The summed E-state index contributed by atoms with van der Waals surface area (Å²) in [5.41, 5.74) is 1.45. The van der Waals surface area contributed by atoms with Crippen molar-refractivity contribution in [1.82, 2.24) is 15.0 Å². The van der Waals surface area contributed by atoms with E-state index < -0.39 is 5.97 Å². The summed E-state index contributed by atoms with van der Waals surface area (Å²) in [5, 5.41) is 26.3. The Balaban J connectivity index is 2.33. The van der Waals surface area contributed by atoms with Crippen LogP contribution < -0.4 is 0 Å². The molecule has 0 saturated carbocycles. The highest BCUT2D eigenvalue weighted by Gasteiger charge is 2.19. The van der Waals surface area contributed by atoms with E-state index in [1.54, 1.807) is 22.9 Å². The first-order chi connectivity index (χ1) is 9.47. The molecule has 1 aromatic carbocycles. The van der Waals surface area contributed by atoms with Gasteiger partial charge in [-0.25, -0.2) is 9.48 Å². The van der Waals surface area contributed by atoms with Gasteiger partial charge in [-0.1, -0.05) is 31.2 Å². The summed E-state index contributed by atoms with van der Waals surface area (Å²) in [7, 11) is 0. The van der Waals surface area contributed by atoms with Gasteiger partial charge in [0.2, 0.25) is 0 Å². The van der Waals surface area contributed by atoms with Crippen molar-refractivity contribution in [3.8, 4) is 5.75 Å². The van der Waals surface area contributed by atoms with E-state index in [4.69, 9.17) is 5.11 Å². The molecular formula is C14H17N3O3. The second kappa shape index (κ2) is 5.73. The fraction of sp³-hybridized carbons (Fsp3) is 0.357. The van der Waals surface area contributed by atoms with Gasteiger partial charge in [-0.2, -0.15) is 0 Å². The summed E-state index contributed by atoms with van der Waals surface area (Å²) in [5.74, 6) is -0.594. The zero-order valence-corrected chi connectivity index (χ0v) is 11.4. The largest absolute Gasteiger partial charge is 0.508 e. The van der Waals surface area contributed by atoms with Crippen LogP contribution >= 0.6 is 0 Å². The quantitative estimate of drug-likeness (QED) is 0.870. The van der Waals surface area contributed by atoms with Gasteiger partial charge in [-0.3, -0.25) is 0 Å². The molecule has 1 aromatic heterocycles. The van der Waals surface area contributed by atoms with Crippen molar-refractivity contribution in [3.63, 3.8) is 0 Å². The fourth-order valence-electron chi connectivity index (χ4n) is 2.04. The molecule has 0 unspecified atom stereocenters. The van der Waals surface area contributed by atoms with E-state index in [9.17, 15) is 9.90 Å². The van der Waals surface area contributed by atoms with Crippen LogP contribution in [0, 0.1) is 5.92 Å². The van der Waals surface area contributed by atoms with Crippen LogP contribution in [0.4, 0.5) is 0 Å². The molecule has 0 atom stereocenters. The first-order valence-electron chi connectivity index (χ1n) is 6.41. The molecule has 2 N–H and O–H groups in total. The Hall–Kier alpha value is -2.37. The smallest absolute Gasteiger partial charge is 0.358 e. The fourth-order valence-corrected chi connectivity index (χ4v) is 2.04. The normalized spacial score (nSPS) is 10.9. The highest BCUT2D eigenvalue weighted by molar-refractivity contribution is 5.86. The predicted octanol–water partition coefficient (Wildman–Crippen LogP) is 1.93. The average molecular weight is 275 g/mol. The summed E-state index contributed by atoms with van der Waals surface area (Å²) in [6, 6.07) is 6.80. The molecule has 2 rings (SSSR count). The zero-order chi connectivity index (χ0) is 14.7. The number of aromatic hydroxyl groups is 1. The Labute approximate surface area is 116 Å². The SMILES string of the molecule is CC(C)Cc1c(C(=O)O)nnn1Cc1cccc(O)c1. The van der Waals surface area contributed by atoms with E-state index in [2.05, 4.69) is 10.3 Å². The van der Waals surface area contributed by atoms with Crippen LogP contribution in [0.2, 0.25) is 0 Å². The Kier molecular flexibility index (Phi) is 4.02. The van der Waals surface area contributed by atoms with Gasteiger partial charge in [0.15, 0.2) is 5.69 Å². The highest BCUT2D eigenvalue weighted by atomic mass is 16.4. The van der Waals surface area contributed by atoms with E-state index in [-0.39, 0.29) is 11.4 Å². The molecule has 0 aliphatic heterocycles. The number of phenols is 1. The molecule has 2 aromatic rings. The number of hydrogen-bond donors (Lipinski definition) is 2. The summed E-state index contributed by atoms with van der Waals surface area (Å²) in [6.45, 7) is 4.41. The number of phenolic OH excluding ortho intramolecular Hbond substituents is 1. The number of carbonyl (C=O) groups is 1. The Morgan fingerprint density at radius 3 is 2.75 bits per heavy atom. The van der Waals surface area contributed by atoms with Crippen LogP contribution in [0.3, 0.4) is 0 Å². The van der Waals surface area contributed by atoms with Crippen molar-refractivity contribution in [2.24, 2.45) is 5.92 Å². The van der Waals surface area contributed by atoms with E-state index in [1.165, 1.54) is 0 Å². The summed E-state index contributed by atoms with van der Waals surface area (Å²) < 4.78 is 1.58. The van der Waals surface area contributed by atoms with Gasteiger partial charge in [-0.05, 0) is 30.0 Å². The molecule has 6 nitrogen and oxygen atoms in total. The number of rotatable bonds is 5. The lowest BCUT2D eigenvalue weighted by Crippen LogP contribution is -2.11. The minimum Gasteiger partial charge on any atom is -0.508 e. The Bertz CT molecular complexity index is 620. The van der Waals surface area contributed by atoms with Crippen LogP contribution in [0.5, 0.6) is 5.75 Å². The van der Waals surface area contributed by atoms with Gasteiger partial charge in [0.1, 0.15) is 5.75 Å². The van der Waals surface area contributed by atoms with Crippen molar-refractivity contribution in [1.29, 1.82) is 0 Å². The molecule has 106 valence electrons. The van der Waals surface area contributed by atoms with Crippen LogP contribution in [-0.4, -0.2) is 31.2 Å². The average Bonchev–Trinajstić information content (AvgIpc) is 2.72. The minimum atomic E-state index is -1.07. The number of nitrogens with zero attached hydrogens (tertiary/aromatic N) is 3. The van der Waals surface area contributed by atoms with Crippen LogP contribution in [0.25, 0.3) is 0 Å². The topological polar surface area (TPSA) is 88.2 Å². The third-order valence-corrected chi connectivity index (χ3v) is 2.88. The number of carboxylic acids is 1. The molecule has 0 amide bonds. The lowest BCUT2D eigenvalue weighted by atomic mass is 10.1. The van der Waals surface area contributed by atoms with E-state index in [0.717, 1.165) is 5.56 Å². The molecule has 0 radical (unpaired) electrons. The van der Waals surface area contributed by atoms with E-state index >= 15 is 0 Å². The third-order valence-electron chi connectivity index (χ3n) is 2.88. The number of benzene rings is 1. The molecular weight excluding hydrogens is 258 g/mol. The van der Waals surface area contributed by atoms with Crippen molar-refractivity contribution >= 4 is 5.97 Å². The molecule has 20 heavy (non-hydrogen) atoms. The van der Waals surface area contributed by atoms with Crippen molar-refractivity contribution < 1.29 is 15.0 Å². The van der Waals surface area contributed by atoms with Crippen molar-refractivity contribution in [2.45, 2.75) is 26.8 Å². The van der Waals surface area contributed by atoms with Gasteiger partial charge in [-0.15, -0.1) is 5.10 Å². The Morgan fingerprint density at radius 2 is 2.15 bits per heavy atom. The second-order valence-corrected chi connectivity index (χ2v) is 5.12. The maximum atomic E-state index is 11.2. The Morgan fingerprint density at radius 1 is 1.40 bits per heavy atom. The van der Waals surface area contributed by atoms with Crippen LogP contribution in [0.1, 0.15) is 35.6 Å². The molecule has 0 fully saturated rings. The zero-order valence-electron chi connectivity index (χ0n) is 11.4. The number of hydrogen-bond acceptors (Lipinski definition) is 4. The first kappa shape index (κ1) is 14.0.